The van der Waals surface area contributed by atoms with Gasteiger partial charge in [-0.3, -0.25) is 0 Å². The maximum atomic E-state index is 5.37. The van der Waals surface area contributed by atoms with Crippen molar-refractivity contribution in [1.82, 2.24) is 5.32 Å². The molecule has 0 aromatic heterocycles. The Morgan fingerprint density at radius 2 is 1.92 bits per heavy atom. The summed E-state index contributed by atoms with van der Waals surface area (Å²) in [5, 5.41) is 3.25. The molecule has 0 amide bonds. The fraction of sp³-hybridized carbons (Fsp3) is 0.636. The third-order valence-corrected chi connectivity index (χ3v) is 2.18. The second-order valence-corrected chi connectivity index (χ2v) is 3.48. The molecule has 0 aliphatic rings. The lowest BCUT2D eigenvalue weighted by Crippen LogP contribution is -2.11. The largest absolute Gasteiger partial charge is 0.403 e. The quantitative estimate of drug-likeness (QED) is 0.686. The second-order valence-electron chi connectivity index (χ2n) is 3.48. The molecule has 0 fully saturated rings. The highest BCUT2D eigenvalue weighted by molar-refractivity contribution is 5.13. The minimum absolute atomic E-state index is 1.01. The van der Waals surface area contributed by atoms with Crippen molar-refractivity contribution in [3.8, 4) is 0 Å². The first-order valence-corrected chi connectivity index (χ1v) is 4.93. The first-order valence-electron chi connectivity index (χ1n) is 4.93. The zero-order valence-electron chi connectivity index (χ0n) is 9.28. The zero-order chi connectivity index (χ0) is 10.3. The molecule has 0 spiro atoms. The molecule has 0 aliphatic carbocycles. The van der Waals surface area contributed by atoms with Crippen LogP contribution < -0.4 is 11.1 Å². The van der Waals surface area contributed by atoms with Gasteiger partial charge in [-0.2, -0.15) is 0 Å². The molecule has 0 rings (SSSR count). The third-order valence-electron chi connectivity index (χ3n) is 2.18. The lowest BCUT2D eigenvalue weighted by molar-refractivity contribution is 0.768. The molecule has 0 radical (unpaired) electrons. The van der Waals surface area contributed by atoms with Crippen LogP contribution >= 0.6 is 0 Å². The Hall–Kier alpha value is -0.920. The van der Waals surface area contributed by atoms with Gasteiger partial charge in [-0.25, -0.2) is 0 Å². The fourth-order valence-corrected chi connectivity index (χ4v) is 1.07. The summed E-state index contributed by atoms with van der Waals surface area (Å²) in [4.78, 5) is 0. The molecular formula is C11H22N2. The van der Waals surface area contributed by atoms with Crippen molar-refractivity contribution in [2.75, 3.05) is 0 Å². The van der Waals surface area contributed by atoms with Gasteiger partial charge in [0.1, 0.15) is 0 Å². The van der Waals surface area contributed by atoms with Crippen LogP contribution in [0.15, 0.2) is 23.2 Å². The molecule has 0 aromatic rings. The monoisotopic (exact) mass is 182 g/mol. The maximum Gasteiger partial charge on any atom is 0.0274 e. The number of rotatable bonds is 5. The van der Waals surface area contributed by atoms with Crippen molar-refractivity contribution >= 4 is 0 Å². The molecule has 76 valence electrons. The summed E-state index contributed by atoms with van der Waals surface area (Å²) in [5.74, 6) is 0. The van der Waals surface area contributed by atoms with E-state index < -0.39 is 0 Å². The Balaban J connectivity index is 4.10. The van der Waals surface area contributed by atoms with E-state index >= 15 is 0 Å². The van der Waals surface area contributed by atoms with Gasteiger partial charge in [0, 0.05) is 17.6 Å². The number of nitrogens with two attached hydrogens (primary N) is 1. The van der Waals surface area contributed by atoms with Crippen LogP contribution in [-0.2, 0) is 0 Å². The SMILES string of the molecule is CCCC/C(C)=C(\C)N/C(C)=C\N. The van der Waals surface area contributed by atoms with Crippen molar-refractivity contribution in [3.63, 3.8) is 0 Å². The van der Waals surface area contributed by atoms with Gasteiger partial charge < -0.3 is 11.1 Å². The van der Waals surface area contributed by atoms with Crippen LogP contribution in [0.4, 0.5) is 0 Å². The molecule has 13 heavy (non-hydrogen) atoms. The predicted molar refractivity (Wildman–Crippen MR) is 59.0 cm³/mol. The van der Waals surface area contributed by atoms with Crippen molar-refractivity contribution in [1.29, 1.82) is 0 Å². The van der Waals surface area contributed by atoms with Crippen LogP contribution in [0, 0.1) is 0 Å². The molecule has 3 N–H and O–H groups in total. The fourth-order valence-electron chi connectivity index (χ4n) is 1.07. The first-order chi connectivity index (χ1) is 6.11. The zero-order valence-corrected chi connectivity index (χ0v) is 9.28. The van der Waals surface area contributed by atoms with Gasteiger partial charge >= 0.3 is 0 Å². The summed E-state index contributed by atoms with van der Waals surface area (Å²) in [6.45, 7) is 8.44. The van der Waals surface area contributed by atoms with Crippen molar-refractivity contribution in [2.45, 2.75) is 47.0 Å². The summed E-state index contributed by atoms with van der Waals surface area (Å²) in [6, 6.07) is 0. The molecule has 0 atom stereocenters. The molecule has 2 nitrogen and oxygen atoms in total. The summed E-state index contributed by atoms with van der Waals surface area (Å²) >= 11 is 0. The minimum atomic E-state index is 1.01. The summed E-state index contributed by atoms with van der Waals surface area (Å²) in [7, 11) is 0. The van der Waals surface area contributed by atoms with E-state index in [1.54, 1.807) is 6.20 Å². The van der Waals surface area contributed by atoms with Gasteiger partial charge in [-0.1, -0.05) is 18.9 Å². The molecular weight excluding hydrogens is 160 g/mol. The minimum Gasteiger partial charge on any atom is -0.403 e. The smallest absolute Gasteiger partial charge is 0.0274 e. The number of hydrogen-bond donors (Lipinski definition) is 2. The van der Waals surface area contributed by atoms with E-state index in [-0.39, 0.29) is 0 Å². The Morgan fingerprint density at radius 3 is 2.38 bits per heavy atom. The van der Waals surface area contributed by atoms with E-state index in [0.717, 1.165) is 5.70 Å². The van der Waals surface area contributed by atoms with Gasteiger partial charge in [0.15, 0.2) is 0 Å². The highest BCUT2D eigenvalue weighted by atomic mass is 14.9. The molecule has 0 saturated heterocycles. The molecule has 2 heteroatoms. The lowest BCUT2D eigenvalue weighted by Gasteiger charge is -2.10. The topological polar surface area (TPSA) is 38.0 Å². The van der Waals surface area contributed by atoms with Gasteiger partial charge in [-0.15, -0.1) is 0 Å². The first kappa shape index (κ1) is 12.1. The Bertz CT molecular complexity index is 202. The summed E-state index contributed by atoms with van der Waals surface area (Å²) < 4.78 is 0. The Morgan fingerprint density at radius 1 is 1.31 bits per heavy atom. The highest BCUT2D eigenvalue weighted by Gasteiger charge is 1.96. The van der Waals surface area contributed by atoms with Crippen LogP contribution in [0.25, 0.3) is 0 Å². The van der Waals surface area contributed by atoms with Crippen LogP contribution in [0.5, 0.6) is 0 Å². The summed E-state index contributed by atoms with van der Waals surface area (Å²) in [6.07, 6.45) is 5.27. The highest BCUT2D eigenvalue weighted by Crippen LogP contribution is 2.10. The molecule has 0 saturated carbocycles. The van der Waals surface area contributed by atoms with Gasteiger partial charge in [0.05, 0.1) is 0 Å². The Labute approximate surface area is 81.9 Å². The number of allylic oxidation sites excluding steroid dienone is 3. The van der Waals surface area contributed by atoms with E-state index in [9.17, 15) is 0 Å². The number of hydrogen-bond acceptors (Lipinski definition) is 2. The van der Waals surface area contributed by atoms with Crippen molar-refractivity contribution in [3.05, 3.63) is 23.2 Å². The van der Waals surface area contributed by atoms with Crippen LogP contribution in [0.2, 0.25) is 0 Å². The van der Waals surface area contributed by atoms with Crippen molar-refractivity contribution in [2.24, 2.45) is 5.73 Å². The van der Waals surface area contributed by atoms with E-state index in [2.05, 4.69) is 26.1 Å². The van der Waals surface area contributed by atoms with Crippen molar-refractivity contribution < 1.29 is 0 Å². The second kappa shape index (κ2) is 6.58. The lowest BCUT2D eigenvalue weighted by atomic mass is 10.1. The normalized spacial score (nSPS) is 14.0. The standard InChI is InChI=1S/C11H22N2/c1-5-6-7-9(2)11(4)13-10(3)8-12/h8,13H,5-7,12H2,1-4H3/b10-8-,11-9+. The van der Waals surface area contributed by atoms with Gasteiger partial charge in [0.25, 0.3) is 0 Å². The molecule has 0 aromatic carbocycles. The average Bonchev–Trinajstić information content (AvgIpc) is 2.13. The van der Waals surface area contributed by atoms with Crippen LogP contribution in [-0.4, -0.2) is 0 Å². The molecule has 0 bridgehead atoms. The number of unbranched alkanes of at least 4 members (excludes halogenated alkanes) is 1. The predicted octanol–water partition coefficient (Wildman–Crippen LogP) is 2.88. The van der Waals surface area contributed by atoms with Crippen LogP contribution in [0.1, 0.15) is 47.0 Å². The molecule has 0 unspecified atom stereocenters. The van der Waals surface area contributed by atoms with E-state index in [1.165, 1.54) is 30.5 Å². The summed E-state index contributed by atoms with van der Waals surface area (Å²) in [5.41, 5.74) is 9.03. The van der Waals surface area contributed by atoms with Crippen LogP contribution in [0.3, 0.4) is 0 Å². The number of nitrogens with one attached hydrogen (secondary N) is 1. The third kappa shape index (κ3) is 5.34. The van der Waals surface area contributed by atoms with E-state index in [0.29, 0.717) is 0 Å². The maximum absolute atomic E-state index is 5.37. The van der Waals surface area contributed by atoms with E-state index in [4.69, 9.17) is 5.73 Å². The molecule has 0 aliphatic heterocycles. The van der Waals surface area contributed by atoms with E-state index in [1.807, 2.05) is 6.92 Å². The van der Waals surface area contributed by atoms with Gasteiger partial charge in [0.2, 0.25) is 0 Å². The molecule has 0 heterocycles. The van der Waals surface area contributed by atoms with Gasteiger partial charge in [-0.05, 0) is 33.6 Å². The average molecular weight is 182 g/mol. The Kier molecular flexibility index (Phi) is 6.11.